The van der Waals surface area contributed by atoms with Crippen molar-refractivity contribution in [2.75, 3.05) is 53.6 Å². The van der Waals surface area contributed by atoms with Gasteiger partial charge in [-0.25, -0.2) is 4.98 Å². The lowest BCUT2D eigenvalue weighted by Crippen LogP contribution is -2.48. The number of β-amino-alcohol motifs (C(OH)–C–C–N with tert-alkyl or cyclic N) is 1. The first kappa shape index (κ1) is 20.9. The second kappa shape index (κ2) is 8.76. The summed E-state index contributed by atoms with van der Waals surface area (Å²) in [5.74, 6) is 2.06. The summed E-state index contributed by atoms with van der Waals surface area (Å²) in [6, 6.07) is 5.69. The third-order valence-electron chi connectivity index (χ3n) is 5.47. The van der Waals surface area contributed by atoms with Crippen LogP contribution in [0.25, 0.3) is 4.96 Å². The highest BCUT2D eigenvalue weighted by Crippen LogP contribution is 2.42. The summed E-state index contributed by atoms with van der Waals surface area (Å²) in [6.45, 7) is 5.97. The van der Waals surface area contributed by atoms with E-state index in [-0.39, 0.29) is 18.5 Å². The van der Waals surface area contributed by atoms with E-state index in [1.54, 1.807) is 14.2 Å². The van der Waals surface area contributed by atoms with Crippen LogP contribution in [0, 0.1) is 6.92 Å². The minimum Gasteiger partial charge on any atom is -0.493 e. The van der Waals surface area contributed by atoms with Crippen molar-refractivity contribution in [3.05, 3.63) is 34.5 Å². The molecule has 4 rings (SSSR count). The summed E-state index contributed by atoms with van der Waals surface area (Å²) in [5.41, 5.74) is 1.000. The number of nitrogens with zero attached hydrogens (tertiary/aromatic N) is 5. The van der Waals surface area contributed by atoms with Gasteiger partial charge in [0.1, 0.15) is 5.82 Å². The number of aromatic nitrogens is 3. The molecule has 1 aliphatic heterocycles. The van der Waals surface area contributed by atoms with Crippen molar-refractivity contribution < 1.29 is 19.7 Å². The average Bonchev–Trinajstić information content (AvgIpc) is 3.26. The molecule has 10 heteroatoms. The highest BCUT2D eigenvalue weighted by atomic mass is 32.1. The Bertz CT molecular complexity index is 1010. The predicted octanol–water partition coefficient (Wildman–Crippen LogP) is 1.52. The number of methoxy groups -OCH3 is 2. The topological polar surface area (TPSA) is 95.6 Å². The van der Waals surface area contributed by atoms with Crippen LogP contribution in [-0.4, -0.2) is 88.2 Å². The normalized spacial score (nSPS) is 16.8. The molecular weight excluding hydrogens is 406 g/mol. The number of fused-ring (bicyclic) bond motifs is 1. The first-order valence-corrected chi connectivity index (χ1v) is 10.7. The van der Waals surface area contributed by atoms with Gasteiger partial charge in [0.2, 0.25) is 10.8 Å². The van der Waals surface area contributed by atoms with E-state index in [1.165, 1.54) is 15.9 Å². The van der Waals surface area contributed by atoms with E-state index >= 15 is 0 Å². The fourth-order valence-electron chi connectivity index (χ4n) is 3.96. The molecule has 3 heterocycles. The standard InChI is InChI=1S/C20H27N5O4S/c1-13-21-20-25(22-13)19(27)18(30-20)17(24-8-6-23(7-9-24)10-11-26)14-4-5-15(28-2)16(12-14)29-3/h4-5,12,17,26-27H,6-11H2,1-3H3/t17-/m0/s1. The van der Waals surface area contributed by atoms with E-state index in [2.05, 4.69) is 19.9 Å². The Balaban J connectivity index is 1.75. The molecule has 9 nitrogen and oxygen atoms in total. The van der Waals surface area contributed by atoms with Crippen LogP contribution in [0.5, 0.6) is 17.4 Å². The zero-order valence-electron chi connectivity index (χ0n) is 17.4. The maximum Gasteiger partial charge on any atom is 0.230 e. The highest BCUT2D eigenvalue weighted by Gasteiger charge is 2.32. The zero-order valence-corrected chi connectivity index (χ0v) is 18.2. The third-order valence-corrected chi connectivity index (χ3v) is 6.54. The number of hydrogen-bond donors (Lipinski definition) is 2. The number of aliphatic hydroxyl groups is 1. The zero-order chi connectivity index (χ0) is 21.3. The van der Waals surface area contributed by atoms with E-state index in [9.17, 15) is 10.2 Å². The molecule has 0 spiro atoms. The van der Waals surface area contributed by atoms with Gasteiger partial charge in [-0.15, -0.1) is 5.10 Å². The van der Waals surface area contributed by atoms with Crippen LogP contribution in [0.1, 0.15) is 22.3 Å². The van der Waals surface area contributed by atoms with Crippen molar-refractivity contribution in [3.8, 4) is 17.4 Å². The summed E-state index contributed by atoms with van der Waals surface area (Å²) in [5, 5.41) is 24.5. The molecule has 0 unspecified atom stereocenters. The van der Waals surface area contributed by atoms with Crippen molar-refractivity contribution in [1.29, 1.82) is 0 Å². The molecule has 2 aromatic heterocycles. The molecule has 0 bridgehead atoms. The summed E-state index contributed by atoms with van der Waals surface area (Å²) < 4.78 is 12.4. The minimum absolute atomic E-state index is 0.119. The quantitative estimate of drug-likeness (QED) is 0.579. The van der Waals surface area contributed by atoms with Crippen LogP contribution in [0.3, 0.4) is 0 Å². The van der Waals surface area contributed by atoms with Crippen LogP contribution in [0.15, 0.2) is 18.2 Å². The molecule has 0 radical (unpaired) electrons. The number of rotatable bonds is 7. The van der Waals surface area contributed by atoms with Gasteiger partial charge < -0.3 is 19.7 Å². The van der Waals surface area contributed by atoms with Crippen LogP contribution in [0.2, 0.25) is 0 Å². The highest BCUT2D eigenvalue weighted by molar-refractivity contribution is 7.17. The molecular formula is C20H27N5O4S. The second-order valence-corrected chi connectivity index (χ2v) is 8.27. The first-order valence-electron chi connectivity index (χ1n) is 9.90. The van der Waals surface area contributed by atoms with Gasteiger partial charge in [0.15, 0.2) is 11.5 Å². The molecule has 30 heavy (non-hydrogen) atoms. The minimum atomic E-state index is -0.171. The van der Waals surface area contributed by atoms with Crippen LogP contribution in [0.4, 0.5) is 0 Å². The number of aliphatic hydroxyl groups excluding tert-OH is 1. The molecule has 1 saturated heterocycles. The van der Waals surface area contributed by atoms with Crippen LogP contribution in [-0.2, 0) is 0 Å². The summed E-state index contributed by atoms with van der Waals surface area (Å²) in [6.07, 6.45) is 0. The van der Waals surface area contributed by atoms with Gasteiger partial charge in [0, 0.05) is 32.7 Å². The molecule has 1 aromatic carbocycles. The first-order chi connectivity index (χ1) is 14.5. The number of hydrogen-bond acceptors (Lipinski definition) is 9. The van der Waals surface area contributed by atoms with Crippen LogP contribution < -0.4 is 9.47 Å². The Kier molecular flexibility index (Phi) is 6.09. The molecule has 0 saturated carbocycles. The Morgan fingerprint density at radius 1 is 1.13 bits per heavy atom. The molecule has 0 aliphatic carbocycles. The van der Waals surface area contributed by atoms with Crippen molar-refractivity contribution in [2.24, 2.45) is 0 Å². The number of ether oxygens (including phenoxy) is 2. The van der Waals surface area contributed by atoms with Crippen molar-refractivity contribution in [1.82, 2.24) is 24.4 Å². The molecule has 162 valence electrons. The van der Waals surface area contributed by atoms with Gasteiger partial charge in [-0.05, 0) is 24.6 Å². The Labute approximate surface area is 179 Å². The fourth-order valence-corrected chi connectivity index (χ4v) is 5.13. The fraction of sp³-hybridized carbons (Fsp3) is 0.500. The Morgan fingerprint density at radius 3 is 2.50 bits per heavy atom. The Hall–Kier alpha value is -2.40. The Morgan fingerprint density at radius 2 is 1.87 bits per heavy atom. The SMILES string of the molecule is COc1ccc([C@@H](c2sc3nc(C)nn3c2O)N2CCN(CCO)CC2)cc1OC. The lowest BCUT2D eigenvalue weighted by molar-refractivity contribution is 0.0944. The number of thiazole rings is 1. The lowest BCUT2D eigenvalue weighted by Gasteiger charge is -2.39. The van der Waals surface area contributed by atoms with E-state index in [0.717, 1.165) is 36.6 Å². The van der Waals surface area contributed by atoms with Crippen molar-refractivity contribution >= 4 is 16.3 Å². The molecule has 2 N–H and O–H groups in total. The lowest BCUT2D eigenvalue weighted by atomic mass is 10.0. The third kappa shape index (κ3) is 3.83. The summed E-state index contributed by atoms with van der Waals surface area (Å²) in [4.78, 5) is 10.5. The average molecular weight is 434 g/mol. The number of piperazine rings is 1. The van der Waals surface area contributed by atoms with Crippen LogP contribution >= 0.6 is 11.3 Å². The van der Waals surface area contributed by atoms with E-state index in [0.29, 0.717) is 28.8 Å². The second-order valence-electron chi connectivity index (χ2n) is 7.26. The van der Waals surface area contributed by atoms with Gasteiger partial charge in [-0.2, -0.15) is 4.52 Å². The van der Waals surface area contributed by atoms with Gasteiger partial charge in [0.05, 0.1) is 31.7 Å². The number of benzene rings is 1. The number of aryl methyl sites for hydroxylation is 1. The number of aromatic hydroxyl groups is 1. The molecule has 1 fully saturated rings. The summed E-state index contributed by atoms with van der Waals surface area (Å²) in [7, 11) is 3.23. The predicted molar refractivity (Wildman–Crippen MR) is 114 cm³/mol. The monoisotopic (exact) mass is 433 g/mol. The molecule has 3 aromatic rings. The van der Waals surface area contributed by atoms with E-state index in [4.69, 9.17) is 9.47 Å². The van der Waals surface area contributed by atoms with Gasteiger partial charge in [-0.3, -0.25) is 9.80 Å². The van der Waals surface area contributed by atoms with Gasteiger partial charge in [0.25, 0.3) is 0 Å². The maximum atomic E-state index is 11.0. The smallest absolute Gasteiger partial charge is 0.230 e. The van der Waals surface area contributed by atoms with Gasteiger partial charge in [-0.1, -0.05) is 17.4 Å². The van der Waals surface area contributed by atoms with Crippen molar-refractivity contribution in [2.45, 2.75) is 13.0 Å². The van der Waals surface area contributed by atoms with Crippen molar-refractivity contribution in [3.63, 3.8) is 0 Å². The molecule has 1 atom stereocenters. The van der Waals surface area contributed by atoms with Gasteiger partial charge >= 0.3 is 0 Å². The molecule has 1 aliphatic rings. The van der Waals surface area contributed by atoms with E-state index < -0.39 is 0 Å². The van der Waals surface area contributed by atoms with E-state index in [1.807, 2.05) is 25.1 Å². The largest absolute Gasteiger partial charge is 0.493 e. The molecule has 0 amide bonds. The summed E-state index contributed by atoms with van der Waals surface area (Å²) >= 11 is 1.45. The maximum absolute atomic E-state index is 11.0.